The molecule has 0 saturated heterocycles. The second-order valence-electron chi connectivity index (χ2n) is 30.6. The zero-order valence-electron chi connectivity index (χ0n) is 64.5. The normalized spacial score (nSPS) is 12.4. The molecule has 0 radical (unpaired) electrons. The third-order valence-corrected chi connectivity index (χ3v) is 21.1. The zero-order valence-corrected chi connectivity index (χ0v) is 64.5. The van der Waals surface area contributed by atoms with Crippen LogP contribution in [0.5, 0.6) is 0 Å². The van der Waals surface area contributed by atoms with Crippen molar-refractivity contribution in [1.82, 2.24) is 5.32 Å². The van der Waals surface area contributed by atoms with Crippen LogP contribution in [0.2, 0.25) is 0 Å². The first-order valence-corrected chi connectivity index (χ1v) is 43.9. The number of amides is 1. The van der Waals surface area contributed by atoms with Crippen LogP contribution < -0.4 is 5.32 Å². The molecule has 0 aliphatic carbocycles. The standard InChI is InChI=1S/C88H173NO5/c1-3-5-7-9-11-13-15-17-18-19-20-21-22-38-41-44-47-50-53-57-60-64-68-72-76-80-86(91)85(84-90)89-87(92)81-77-73-69-65-61-58-54-51-48-45-42-39-36-34-32-30-28-26-24-23-25-27-29-31-33-35-37-40-43-46-49-52-55-59-63-67-71-75-79-83-94-88(93)82-78-74-70-66-62-56-16-14-12-10-8-6-4-2/h23-24,85-86,90-91H,3-22,25-84H2,1-2H3,(H,89,92)/b24-23-. The fourth-order valence-electron chi connectivity index (χ4n) is 14.4. The van der Waals surface area contributed by atoms with Crippen LogP contribution in [0.15, 0.2) is 12.2 Å². The highest BCUT2D eigenvalue weighted by atomic mass is 16.5. The van der Waals surface area contributed by atoms with Crippen molar-refractivity contribution in [1.29, 1.82) is 0 Å². The predicted molar refractivity (Wildman–Crippen MR) is 417 cm³/mol. The number of carbonyl (C=O) groups excluding carboxylic acids is 2. The van der Waals surface area contributed by atoms with E-state index in [0.717, 1.165) is 38.5 Å². The highest BCUT2D eigenvalue weighted by Gasteiger charge is 2.20. The minimum absolute atomic E-state index is 0.0237. The molecule has 6 nitrogen and oxygen atoms in total. The van der Waals surface area contributed by atoms with Crippen molar-refractivity contribution in [2.24, 2.45) is 0 Å². The van der Waals surface area contributed by atoms with Gasteiger partial charge in [0.15, 0.2) is 0 Å². The number of esters is 1. The summed E-state index contributed by atoms with van der Waals surface area (Å²) in [5, 5.41) is 23.5. The van der Waals surface area contributed by atoms with Crippen molar-refractivity contribution in [3.8, 4) is 0 Å². The highest BCUT2D eigenvalue weighted by molar-refractivity contribution is 5.76. The number of hydrogen-bond donors (Lipinski definition) is 3. The quantitative estimate of drug-likeness (QED) is 0.0320. The number of hydrogen-bond acceptors (Lipinski definition) is 5. The third-order valence-electron chi connectivity index (χ3n) is 21.1. The van der Waals surface area contributed by atoms with E-state index in [1.807, 2.05) is 0 Å². The molecular formula is C88H173NO5. The van der Waals surface area contributed by atoms with Gasteiger partial charge in [-0.3, -0.25) is 9.59 Å². The van der Waals surface area contributed by atoms with E-state index in [-0.39, 0.29) is 18.5 Å². The van der Waals surface area contributed by atoms with E-state index < -0.39 is 12.1 Å². The Kier molecular flexibility index (Phi) is 82.8. The number of carbonyl (C=O) groups is 2. The summed E-state index contributed by atoms with van der Waals surface area (Å²) < 4.78 is 5.50. The maximum absolute atomic E-state index is 12.6. The molecule has 0 aliphatic heterocycles. The molecule has 0 spiro atoms. The Morgan fingerprint density at radius 2 is 0.500 bits per heavy atom. The monoisotopic (exact) mass is 1320 g/mol. The second kappa shape index (κ2) is 84.0. The molecule has 0 aliphatic rings. The minimum Gasteiger partial charge on any atom is -0.466 e. The van der Waals surface area contributed by atoms with Crippen LogP contribution in [0.25, 0.3) is 0 Å². The van der Waals surface area contributed by atoms with Gasteiger partial charge in [-0.25, -0.2) is 0 Å². The molecule has 0 aromatic heterocycles. The third kappa shape index (κ3) is 79.6. The molecule has 0 fully saturated rings. The van der Waals surface area contributed by atoms with E-state index in [2.05, 4.69) is 31.3 Å². The first-order valence-electron chi connectivity index (χ1n) is 43.9. The van der Waals surface area contributed by atoms with Crippen molar-refractivity contribution in [3.05, 3.63) is 12.2 Å². The molecule has 0 saturated carbocycles. The van der Waals surface area contributed by atoms with E-state index in [1.165, 1.54) is 443 Å². The predicted octanol–water partition coefficient (Wildman–Crippen LogP) is 29.4. The summed E-state index contributed by atoms with van der Waals surface area (Å²) in [7, 11) is 0. The van der Waals surface area contributed by atoms with E-state index in [1.54, 1.807) is 0 Å². The SMILES string of the molecule is CCCCCCCCCCCCCCCCCCCCCCCCCCCC(O)C(CO)NC(=O)CCCCCCCCCCCCCCCCCCC/C=C\CCCCCCCCCCCCCCCCCCCCOC(=O)CCCCCCCCCCCCCCC. The summed E-state index contributed by atoms with van der Waals surface area (Å²) in [5.41, 5.74) is 0. The summed E-state index contributed by atoms with van der Waals surface area (Å²) in [5.74, 6) is 0.00165. The average molecular weight is 1330 g/mol. The van der Waals surface area contributed by atoms with Crippen molar-refractivity contribution in [3.63, 3.8) is 0 Å². The zero-order chi connectivity index (χ0) is 67.7. The van der Waals surface area contributed by atoms with Gasteiger partial charge in [-0.15, -0.1) is 0 Å². The number of rotatable bonds is 84. The Morgan fingerprint density at radius 1 is 0.287 bits per heavy atom. The molecule has 0 bridgehead atoms. The number of nitrogens with one attached hydrogen (secondary N) is 1. The van der Waals surface area contributed by atoms with Gasteiger partial charge in [0.05, 0.1) is 25.4 Å². The number of aliphatic hydroxyl groups is 2. The molecule has 0 rings (SSSR count). The van der Waals surface area contributed by atoms with Crippen LogP contribution in [0.4, 0.5) is 0 Å². The van der Waals surface area contributed by atoms with Gasteiger partial charge in [0.1, 0.15) is 0 Å². The van der Waals surface area contributed by atoms with Crippen LogP contribution in [-0.2, 0) is 14.3 Å². The molecule has 0 heterocycles. The molecule has 2 unspecified atom stereocenters. The maximum atomic E-state index is 12.6. The van der Waals surface area contributed by atoms with Crippen molar-refractivity contribution in [2.75, 3.05) is 13.2 Å². The summed E-state index contributed by atoms with van der Waals surface area (Å²) in [4.78, 5) is 24.7. The molecule has 3 N–H and O–H groups in total. The summed E-state index contributed by atoms with van der Waals surface area (Å²) in [6, 6.07) is -0.539. The maximum Gasteiger partial charge on any atom is 0.305 e. The first kappa shape index (κ1) is 92.6. The van der Waals surface area contributed by atoms with Crippen LogP contribution in [-0.4, -0.2) is 47.4 Å². The minimum atomic E-state index is -0.662. The fourth-order valence-corrected chi connectivity index (χ4v) is 14.4. The Bertz CT molecular complexity index is 1430. The smallest absolute Gasteiger partial charge is 0.305 e. The van der Waals surface area contributed by atoms with Gasteiger partial charge < -0.3 is 20.3 Å². The molecule has 94 heavy (non-hydrogen) atoms. The Morgan fingerprint density at radius 3 is 0.755 bits per heavy atom. The summed E-state index contributed by atoms with van der Waals surface area (Å²) in [6.45, 7) is 5.02. The molecule has 1 amide bonds. The summed E-state index contributed by atoms with van der Waals surface area (Å²) >= 11 is 0. The largest absolute Gasteiger partial charge is 0.466 e. The number of ether oxygens (including phenoxy) is 1. The lowest BCUT2D eigenvalue weighted by molar-refractivity contribution is -0.143. The highest BCUT2D eigenvalue weighted by Crippen LogP contribution is 2.21. The lowest BCUT2D eigenvalue weighted by Gasteiger charge is -2.22. The number of allylic oxidation sites excluding steroid dienone is 2. The molecule has 0 aromatic carbocycles. The molecule has 6 heteroatoms. The van der Waals surface area contributed by atoms with E-state index >= 15 is 0 Å². The van der Waals surface area contributed by atoms with Gasteiger partial charge in [-0.05, 0) is 51.4 Å². The van der Waals surface area contributed by atoms with Crippen LogP contribution >= 0.6 is 0 Å². The van der Waals surface area contributed by atoms with Gasteiger partial charge in [-0.2, -0.15) is 0 Å². The van der Waals surface area contributed by atoms with Crippen molar-refractivity contribution >= 4 is 11.9 Å². The van der Waals surface area contributed by atoms with Gasteiger partial charge in [0.2, 0.25) is 5.91 Å². The van der Waals surface area contributed by atoms with Gasteiger partial charge >= 0.3 is 5.97 Å². The number of aliphatic hydroxyl groups excluding tert-OH is 2. The lowest BCUT2D eigenvalue weighted by Crippen LogP contribution is -2.45. The van der Waals surface area contributed by atoms with Gasteiger partial charge in [0.25, 0.3) is 0 Å². The summed E-state index contributed by atoms with van der Waals surface area (Å²) in [6.07, 6.45) is 108. The van der Waals surface area contributed by atoms with E-state index in [0.29, 0.717) is 25.9 Å². The first-order chi connectivity index (χ1) is 46.5. The van der Waals surface area contributed by atoms with Crippen molar-refractivity contribution < 1.29 is 24.5 Å². The van der Waals surface area contributed by atoms with Crippen LogP contribution in [0.1, 0.15) is 515 Å². The average Bonchev–Trinajstić information content (AvgIpc) is 3.79. The lowest BCUT2D eigenvalue weighted by atomic mass is 10.0. The Balaban J connectivity index is 3.32. The number of unbranched alkanes of at least 4 members (excludes halogenated alkanes) is 71. The van der Waals surface area contributed by atoms with Crippen LogP contribution in [0, 0.1) is 0 Å². The van der Waals surface area contributed by atoms with E-state index in [9.17, 15) is 19.8 Å². The topological polar surface area (TPSA) is 95.9 Å². The van der Waals surface area contributed by atoms with E-state index in [4.69, 9.17) is 4.74 Å². The Hall–Kier alpha value is -1.40. The molecule has 2 atom stereocenters. The molecule has 0 aromatic rings. The molecular weight excluding hydrogens is 1150 g/mol. The Labute approximate surface area is 590 Å². The van der Waals surface area contributed by atoms with Crippen LogP contribution in [0.3, 0.4) is 0 Å². The fraction of sp³-hybridized carbons (Fsp3) is 0.955. The van der Waals surface area contributed by atoms with Gasteiger partial charge in [0, 0.05) is 12.8 Å². The van der Waals surface area contributed by atoms with Crippen molar-refractivity contribution in [2.45, 2.75) is 527 Å². The van der Waals surface area contributed by atoms with Gasteiger partial charge in [-0.1, -0.05) is 463 Å². The second-order valence-corrected chi connectivity index (χ2v) is 30.6. The molecule has 560 valence electrons.